The quantitative estimate of drug-likeness (QED) is 0.385. The van der Waals surface area contributed by atoms with Gasteiger partial charge in [0.25, 0.3) is 0 Å². The van der Waals surface area contributed by atoms with E-state index in [1.165, 1.54) is 24.8 Å². The molecule has 0 aromatic rings. The van der Waals surface area contributed by atoms with E-state index in [9.17, 15) is 9.90 Å². The van der Waals surface area contributed by atoms with Gasteiger partial charge in [0.15, 0.2) is 0 Å². The molecule has 25 heavy (non-hydrogen) atoms. The molecule has 0 aromatic heterocycles. The summed E-state index contributed by atoms with van der Waals surface area (Å²) >= 11 is 0. The highest BCUT2D eigenvalue weighted by atomic mass is 16.4. The molecule has 0 amide bonds. The molecule has 0 bridgehead atoms. The summed E-state index contributed by atoms with van der Waals surface area (Å²) in [5.41, 5.74) is 1.52. The lowest BCUT2D eigenvalue weighted by atomic mass is 9.90. The Hall–Kier alpha value is -1.53. The van der Waals surface area contributed by atoms with E-state index in [-0.39, 0.29) is 12.3 Å². The lowest BCUT2D eigenvalue weighted by Crippen LogP contribution is -2.15. The minimum atomic E-state index is -0.704. The molecule has 3 heteroatoms. The van der Waals surface area contributed by atoms with Gasteiger partial charge in [-0.25, -0.2) is 0 Å². The lowest BCUT2D eigenvalue weighted by Gasteiger charge is -2.17. The molecule has 0 aliphatic heterocycles. The first kappa shape index (κ1) is 19.8. The highest BCUT2D eigenvalue weighted by Gasteiger charge is 2.39. The van der Waals surface area contributed by atoms with Crippen LogP contribution in [0.5, 0.6) is 0 Å². The highest BCUT2D eigenvalue weighted by Crippen LogP contribution is 2.50. The molecule has 2 rings (SSSR count). The highest BCUT2D eigenvalue weighted by molar-refractivity contribution is 5.66. The van der Waals surface area contributed by atoms with Crippen molar-refractivity contribution in [3.63, 3.8) is 0 Å². The normalized spacial score (nSPS) is 29.4. The lowest BCUT2D eigenvalue weighted by molar-refractivity contribution is -0.137. The standard InChI is InChI=1S/C22H32O3/c1-3-4-7-16(2)21(23)13-12-18-10-11-19-14-17(15-20(18)19)8-5-6-9-22(24)25/h8,12-13,16,18-21,23H,5-7,9-11,14-15H2,1-2H3,(H,24,25)/b13-12+,17-8+/t16?,18?,19?,20-,21?/m1/s1. The summed E-state index contributed by atoms with van der Waals surface area (Å²) in [7, 11) is 0. The van der Waals surface area contributed by atoms with Crippen LogP contribution in [0.2, 0.25) is 0 Å². The third kappa shape index (κ3) is 6.04. The number of carboxylic acid groups (broad SMARTS) is 1. The van der Waals surface area contributed by atoms with Gasteiger partial charge in [-0.3, -0.25) is 4.79 Å². The van der Waals surface area contributed by atoms with Crippen molar-refractivity contribution in [3.05, 3.63) is 23.8 Å². The molecule has 0 aromatic carbocycles. The molecule has 2 fully saturated rings. The number of hydrogen-bond donors (Lipinski definition) is 2. The summed E-state index contributed by atoms with van der Waals surface area (Å²) in [4.78, 5) is 10.6. The monoisotopic (exact) mass is 344 g/mol. The van der Waals surface area contributed by atoms with E-state index in [0.717, 1.165) is 31.6 Å². The van der Waals surface area contributed by atoms with Gasteiger partial charge in [0.05, 0.1) is 6.10 Å². The molecule has 0 radical (unpaired) electrons. The fourth-order valence-electron chi connectivity index (χ4n) is 4.27. The van der Waals surface area contributed by atoms with Crippen LogP contribution in [0.1, 0.15) is 65.2 Å². The molecule has 0 saturated heterocycles. The first-order chi connectivity index (χ1) is 12.0. The summed E-state index contributed by atoms with van der Waals surface area (Å²) in [6, 6.07) is 0. The Morgan fingerprint density at radius 3 is 2.88 bits per heavy atom. The Morgan fingerprint density at radius 2 is 2.16 bits per heavy atom. The minimum absolute atomic E-state index is 0.175. The van der Waals surface area contributed by atoms with Gasteiger partial charge in [-0.05, 0) is 69.1 Å². The number of unbranched alkanes of at least 4 members (excludes halogenated alkanes) is 1. The van der Waals surface area contributed by atoms with Crippen LogP contribution in [0.3, 0.4) is 0 Å². The van der Waals surface area contributed by atoms with Gasteiger partial charge in [0.1, 0.15) is 0 Å². The van der Waals surface area contributed by atoms with Crippen molar-refractivity contribution in [1.29, 1.82) is 0 Å². The number of aliphatic carboxylic acids is 1. The molecule has 138 valence electrons. The molecule has 0 heterocycles. The number of hydrogen-bond acceptors (Lipinski definition) is 2. The maximum atomic E-state index is 10.6. The second-order valence-electron chi connectivity index (χ2n) is 7.71. The van der Waals surface area contributed by atoms with Crippen molar-refractivity contribution in [2.45, 2.75) is 71.3 Å². The summed E-state index contributed by atoms with van der Waals surface area (Å²) in [6.45, 7) is 3.88. The van der Waals surface area contributed by atoms with Crippen LogP contribution < -0.4 is 0 Å². The SMILES string of the molecule is CC#CCC(C)C(O)/C=C/C1CCC2C/C(=C\CCCC(=O)O)C[C@H]12. The Bertz CT molecular complexity index is 564. The predicted molar refractivity (Wildman–Crippen MR) is 101 cm³/mol. The van der Waals surface area contributed by atoms with Crippen LogP contribution in [-0.4, -0.2) is 22.3 Å². The first-order valence-corrected chi connectivity index (χ1v) is 9.67. The second-order valence-corrected chi connectivity index (χ2v) is 7.71. The third-order valence-corrected chi connectivity index (χ3v) is 5.82. The summed E-state index contributed by atoms with van der Waals surface area (Å²) in [5, 5.41) is 19.0. The summed E-state index contributed by atoms with van der Waals surface area (Å²) in [6.07, 6.45) is 13.6. The first-order valence-electron chi connectivity index (χ1n) is 9.67. The number of fused-ring (bicyclic) bond motifs is 1. The molecular weight excluding hydrogens is 312 g/mol. The summed E-state index contributed by atoms with van der Waals surface area (Å²) in [5.74, 6) is 7.47. The van der Waals surface area contributed by atoms with Crippen LogP contribution >= 0.6 is 0 Å². The number of rotatable bonds is 8. The van der Waals surface area contributed by atoms with Gasteiger partial charge < -0.3 is 10.2 Å². The molecular formula is C22H32O3. The van der Waals surface area contributed by atoms with Crippen molar-refractivity contribution in [2.24, 2.45) is 23.7 Å². The van der Waals surface area contributed by atoms with Gasteiger partial charge >= 0.3 is 5.97 Å². The molecule has 2 aliphatic rings. The molecule has 2 N–H and O–H groups in total. The maximum Gasteiger partial charge on any atom is 0.303 e. The molecule has 2 aliphatic carbocycles. The van der Waals surface area contributed by atoms with Crippen LogP contribution in [0, 0.1) is 35.5 Å². The second kappa shape index (κ2) is 9.82. The van der Waals surface area contributed by atoms with Crippen LogP contribution in [0.15, 0.2) is 23.8 Å². The van der Waals surface area contributed by atoms with Gasteiger partial charge in [-0.1, -0.05) is 30.7 Å². The zero-order valence-electron chi connectivity index (χ0n) is 15.6. The van der Waals surface area contributed by atoms with Crippen molar-refractivity contribution < 1.29 is 15.0 Å². The number of carboxylic acids is 1. The topological polar surface area (TPSA) is 57.5 Å². The van der Waals surface area contributed by atoms with E-state index in [2.05, 4.69) is 24.0 Å². The molecule has 5 atom stereocenters. The fraction of sp³-hybridized carbons (Fsp3) is 0.682. The Balaban J connectivity index is 1.82. The average molecular weight is 344 g/mol. The number of aliphatic hydroxyl groups is 1. The number of aliphatic hydroxyl groups excluding tert-OH is 1. The van der Waals surface area contributed by atoms with E-state index in [1.807, 2.05) is 19.9 Å². The molecule has 0 spiro atoms. The molecule has 4 unspecified atom stereocenters. The Labute approximate surface area is 152 Å². The zero-order chi connectivity index (χ0) is 18.2. The Kier molecular flexibility index (Phi) is 7.78. The van der Waals surface area contributed by atoms with Crippen molar-refractivity contribution >= 4 is 5.97 Å². The minimum Gasteiger partial charge on any atom is -0.481 e. The maximum absolute atomic E-state index is 10.6. The van der Waals surface area contributed by atoms with Gasteiger partial charge in [-0.15, -0.1) is 11.8 Å². The third-order valence-electron chi connectivity index (χ3n) is 5.82. The molecule has 2 saturated carbocycles. The van der Waals surface area contributed by atoms with Crippen molar-refractivity contribution in [2.75, 3.05) is 0 Å². The Morgan fingerprint density at radius 1 is 1.36 bits per heavy atom. The smallest absolute Gasteiger partial charge is 0.303 e. The molecule has 3 nitrogen and oxygen atoms in total. The van der Waals surface area contributed by atoms with E-state index in [0.29, 0.717) is 11.8 Å². The van der Waals surface area contributed by atoms with Crippen molar-refractivity contribution in [3.8, 4) is 11.8 Å². The van der Waals surface area contributed by atoms with Crippen LogP contribution in [0.4, 0.5) is 0 Å². The van der Waals surface area contributed by atoms with E-state index >= 15 is 0 Å². The van der Waals surface area contributed by atoms with Crippen LogP contribution in [-0.2, 0) is 4.79 Å². The van der Waals surface area contributed by atoms with Gasteiger partial charge in [0, 0.05) is 12.8 Å². The largest absolute Gasteiger partial charge is 0.481 e. The predicted octanol–water partition coefficient (Wildman–Crippen LogP) is 4.57. The fourth-order valence-corrected chi connectivity index (χ4v) is 4.27. The van der Waals surface area contributed by atoms with E-state index in [1.54, 1.807) is 0 Å². The van der Waals surface area contributed by atoms with Crippen molar-refractivity contribution in [1.82, 2.24) is 0 Å². The summed E-state index contributed by atoms with van der Waals surface area (Å²) < 4.78 is 0. The van der Waals surface area contributed by atoms with E-state index in [4.69, 9.17) is 5.11 Å². The van der Waals surface area contributed by atoms with E-state index < -0.39 is 12.1 Å². The van der Waals surface area contributed by atoms with Gasteiger partial charge in [0.2, 0.25) is 0 Å². The number of carbonyl (C=O) groups is 1. The van der Waals surface area contributed by atoms with Gasteiger partial charge in [-0.2, -0.15) is 0 Å². The number of allylic oxidation sites excluding steroid dienone is 3. The van der Waals surface area contributed by atoms with Crippen LogP contribution in [0.25, 0.3) is 0 Å². The average Bonchev–Trinajstić information content (AvgIpc) is 3.14. The zero-order valence-corrected chi connectivity index (χ0v) is 15.6.